The van der Waals surface area contributed by atoms with E-state index in [9.17, 15) is 22.0 Å². The maximum absolute atomic E-state index is 14.4. The Bertz CT molecular complexity index is 2290. The predicted molar refractivity (Wildman–Crippen MR) is 250 cm³/mol. The summed E-state index contributed by atoms with van der Waals surface area (Å²) in [5.74, 6) is -0.192. The lowest BCUT2D eigenvalue weighted by Gasteiger charge is -2.25. The molecule has 330 valence electrons. The second-order valence-electron chi connectivity index (χ2n) is 15.7. The Balaban J connectivity index is 0.000000142. The minimum absolute atomic E-state index is 0.0890. The van der Waals surface area contributed by atoms with Crippen LogP contribution in [0.15, 0.2) is 157 Å². The van der Waals surface area contributed by atoms with Crippen molar-refractivity contribution in [2.75, 3.05) is 39.3 Å². The Hall–Kier alpha value is -3.81. The van der Waals surface area contributed by atoms with E-state index < -0.39 is 0 Å². The van der Waals surface area contributed by atoms with E-state index in [0.29, 0.717) is 15.8 Å². The molecular weight excluding hydrogens is 881 g/mol. The van der Waals surface area contributed by atoms with Crippen molar-refractivity contribution in [1.82, 2.24) is 16.0 Å². The highest BCUT2D eigenvalue weighted by molar-refractivity contribution is 8.00. The number of halogens is 6. The number of hydrogen-bond acceptors (Lipinski definition) is 6. The first-order valence-corrected chi connectivity index (χ1v) is 24.3. The van der Waals surface area contributed by atoms with Crippen LogP contribution in [0.25, 0.3) is 0 Å². The summed E-state index contributed by atoms with van der Waals surface area (Å²) in [5.41, 5.74) is 2.39. The summed E-state index contributed by atoms with van der Waals surface area (Å²) in [5, 5.41) is 10.6. The standard InChI is InChI=1S/C17H17ClFNS.2C17H17F2NS/c2*18-13-3-1-4-14(11-13)21-16-6-2-5-15(19)17(16)12-7-9-20-10-8-12;18-13-4-1-2-6-15(13)21-16-7-3-5-14(19)17(16)12-8-10-20-11-9-12/h2*1-6,11-12,20H,7-10H2;1-7,12,20H,8-11H2. The molecule has 0 amide bonds. The molecule has 12 heteroatoms. The molecule has 0 aliphatic carbocycles. The van der Waals surface area contributed by atoms with E-state index in [2.05, 4.69) is 16.0 Å². The molecule has 3 aliphatic heterocycles. The second-order valence-corrected chi connectivity index (χ2v) is 19.4. The van der Waals surface area contributed by atoms with Crippen LogP contribution in [0, 0.1) is 29.1 Å². The van der Waals surface area contributed by atoms with Crippen LogP contribution in [0.4, 0.5) is 22.0 Å². The zero-order valence-electron chi connectivity index (χ0n) is 34.8. The minimum Gasteiger partial charge on any atom is -0.317 e. The third-order valence-corrected chi connectivity index (χ3v) is 14.9. The summed E-state index contributed by atoms with van der Waals surface area (Å²) in [6.45, 7) is 5.57. The molecule has 9 rings (SSSR count). The minimum atomic E-state index is -0.264. The molecule has 0 aromatic heterocycles. The maximum atomic E-state index is 14.4. The molecule has 3 aliphatic rings. The van der Waals surface area contributed by atoms with Crippen LogP contribution in [0.5, 0.6) is 0 Å². The fourth-order valence-corrected chi connectivity index (χ4v) is 11.8. The van der Waals surface area contributed by atoms with E-state index in [0.717, 1.165) is 119 Å². The Kier molecular flexibility index (Phi) is 17.9. The number of nitrogens with one attached hydrogen (secondary N) is 3. The third-order valence-electron chi connectivity index (χ3n) is 11.4. The van der Waals surface area contributed by atoms with Crippen molar-refractivity contribution in [3.63, 3.8) is 0 Å². The normalized spacial score (nSPS) is 16.1. The summed E-state index contributed by atoms with van der Waals surface area (Å²) in [6, 6.07) is 36.4. The summed E-state index contributed by atoms with van der Waals surface area (Å²) in [7, 11) is 0. The molecule has 3 fully saturated rings. The van der Waals surface area contributed by atoms with Crippen molar-refractivity contribution in [2.45, 2.75) is 85.7 Å². The lowest BCUT2D eigenvalue weighted by molar-refractivity contribution is 0.439. The largest absolute Gasteiger partial charge is 0.317 e. The summed E-state index contributed by atoms with van der Waals surface area (Å²) >= 11 is 10.4. The molecule has 3 nitrogen and oxygen atoms in total. The van der Waals surface area contributed by atoms with Crippen molar-refractivity contribution < 1.29 is 22.0 Å². The Morgan fingerprint density at radius 1 is 0.381 bits per heavy atom. The molecule has 3 heterocycles. The second kappa shape index (κ2) is 23.9. The Labute approximate surface area is 385 Å². The third kappa shape index (κ3) is 13.4. The average Bonchev–Trinajstić information content (AvgIpc) is 3.29. The predicted octanol–water partition coefficient (Wildman–Crippen LogP) is 14.3. The van der Waals surface area contributed by atoms with Gasteiger partial charge in [-0.05, 0) is 180 Å². The highest BCUT2D eigenvalue weighted by Crippen LogP contribution is 2.42. The summed E-state index contributed by atoms with van der Waals surface area (Å²) in [6.07, 6.45) is 5.71. The Morgan fingerprint density at radius 3 is 1.17 bits per heavy atom. The van der Waals surface area contributed by atoms with Gasteiger partial charge in [0.15, 0.2) is 0 Å². The molecule has 0 spiro atoms. The van der Waals surface area contributed by atoms with Gasteiger partial charge in [-0.1, -0.05) is 89.4 Å². The van der Waals surface area contributed by atoms with Crippen LogP contribution >= 0.6 is 46.9 Å². The lowest BCUT2D eigenvalue weighted by Crippen LogP contribution is -2.27. The van der Waals surface area contributed by atoms with Crippen molar-refractivity contribution in [3.8, 4) is 0 Å². The van der Waals surface area contributed by atoms with Crippen molar-refractivity contribution in [2.24, 2.45) is 0 Å². The van der Waals surface area contributed by atoms with Crippen LogP contribution < -0.4 is 16.0 Å². The van der Waals surface area contributed by atoms with Crippen molar-refractivity contribution >= 4 is 46.9 Å². The van der Waals surface area contributed by atoms with E-state index >= 15 is 0 Å². The van der Waals surface area contributed by atoms with E-state index in [1.807, 2.05) is 48.5 Å². The highest BCUT2D eigenvalue weighted by atomic mass is 35.5. The number of rotatable bonds is 9. The average molecular weight is 933 g/mol. The molecule has 63 heavy (non-hydrogen) atoms. The first-order valence-electron chi connectivity index (χ1n) is 21.5. The van der Waals surface area contributed by atoms with E-state index in [4.69, 9.17) is 11.6 Å². The van der Waals surface area contributed by atoms with Gasteiger partial charge in [-0.15, -0.1) is 0 Å². The van der Waals surface area contributed by atoms with Gasteiger partial charge in [-0.3, -0.25) is 0 Å². The number of piperidine rings is 3. The molecule has 0 bridgehead atoms. The maximum Gasteiger partial charge on any atom is 0.137 e. The number of benzene rings is 6. The molecule has 0 atom stereocenters. The van der Waals surface area contributed by atoms with Gasteiger partial charge in [0.2, 0.25) is 0 Å². The topological polar surface area (TPSA) is 36.1 Å². The molecule has 3 N–H and O–H groups in total. The first kappa shape index (κ1) is 47.2. The van der Waals surface area contributed by atoms with Crippen LogP contribution in [0.1, 0.15) is 73.0 Å². The van der Waals surface area contributed by atoms with Gasteiger partial charge in [0.25, 0.3) is 0 Å². The van der Waals surface area contributed by atoms with Crippen LogP contribution in [-0.4, -0.2) is 39.3 Å². The van der Waals surface area contributed by atoms with Gasteiger partial charge >= 0.3 is 0 Å². The van der Waals surface area contributed by atoms with Gasteiger partial charge in [0, 0.05) is 51.1 Å². The van der Waals surface area contributed by atoms with E-state index in [1.54, 1.807) is 60.3 Å². The SMILES string of the molecule is Fc1cccc(Sc2cccc(Cl)c2)c1C1CCNCC1.Fc1cccc(Sc2cccc(F)c2C2CCNCC2)c1.Fc1ccccc1Sc1cccc(F)c1C1CCNCC1. The van der Waals surface area contributed by atoms with Crippen LogP contribution in [-0.2, 0) is 0 Å². The zero-order chi connectivity index (χ0) is 44.0. The van der Waals surface area contributed by atoms with Gasteiger partial charge in [-0.2, -0.15) is 0 Å². The summed E-state index contributed by atoms with van der Waals surface area (Å²) in [4.78, 5) is 5.11. The quantitative estimate of drug-likeness (QED) is 0.125. The molecule has 3 saturated heterocycles. The van der Waals surface area contributed by atoms with Crippen molar-refractivity contribution in [1.29, 1.82) is 0 Å². The zero-order valence-corrected chi connectivity index (χ0v) is 38.0. The van der Waals surface area contributed by atoms with Gasteiger partial charge in [-0.25, -0.2) is 22.0 Å². The first-order chi connectivity index (χ1) is 30.7. The highest BCUT2D eigenvalue weighted by Gasteiger charge is 2.25. The van der Waals surface area contributed by atoms with Gasteiger partial charge < -0.3 is 16.0 Å². The number of hydrogen-bond donors (Lipinski definition) is 3. The smallest absolute Gasteiger partial charge is 0.137 e. The van der Waals surface area contributed by atoms with E-state index in [1.165, 1.54) is 53.9 Å². The summed E-state index contributed by atoms with van der Waals surface area (Å²) < 4.78 is 70.1. The van der Waals surface area contributed by atoms with Crippen molar-refractivity contribution in [3.05, 3.63) is 178 Å². The fourth-order valence-electron chi connectivity index (χ4n) is 8.30. The molecule has 0 radical (unpaired) electrons. The monoisotopic (exact) mass is 931 g/mol. The lowest BCUT2D eigenvalue weighted by atomic mass is 9.90. The fraction of sp³-hybridized carbons (Fsp3) is 0.294. The molecular formula is C51H51ClF5N3S3. The molecule has 6 aromatic rings. The van der Waals surface area contributed by atoms with Crippen LogP contribution in [0.2, 0.25) is 5.02 Å². The van der Waals surface area contributed by atoms with Gasteiger partial charge in [0.1, 0.15) is 29.1 Å². The molecule has 0 unspecified atom stereocenters. The molecule has 6 aromatic carbocycles. The van der Waals surface area contributed by atoms with Gasteiger partial charge in [0.05, 0.1) is 0 Å². The van der Waals surface area contributed by atoms with E-state index in [-0.39, 0.29) is 40.9 Å². The molecule has 0 saturated carbocycles. The van der Waals surface area contributed by atoms with Crippen LogP contribution in [0.3, 0.4) is 0 Å². The Morgan fingerprint density at radius 2 is 0.746 bits per heavy atom.